The zero-order chi connectivity index (χ0) is 17.2. The van der Waals surface area contributed by atoms with Crippen LogP contribution in [-0.2, 0) is 11.3 Å². The summed E-state index contributed by atoms with van der Waals surface area (Å²) >= 11 is 5.43. The molecule has 0 amide bonds. The molecule has 2 N–H and O–H groups in total. The number of rotatable bonds is 4. The van der Waals surface area contributed by atoms with Crippen molar-refractivity contribution in [3.8, 4) is 0 Å². The van der Waals surface area contributed by atoms with Crippen LogP contribution in [0.15, 0.2) is 42.5 Å². The van der Waals surface area contributed by atoms with Crippen LogP contribution in [0.1, 0.15) is 19.8 Å². The van der Waals surface area contributed by atoms with Gasteiger partial charge in [-0.15, -0.1) is 0 Å². The molecular weight excluding hydrogens is 330 g/mol. The van der Waals surface area contributed by atoms with E-state index < -0.39 is 0 Å². The molecule has 1 atom stereocenters. The minimum Gasteiger partial charge on any atom is -0.376 e. The maximum absolute atomic E-state index is 5.62. The molecule has 25 heavy (non-hydrogen) atoms. The normalized spacial score (nSPS) is 17.2. The van der Waals surface area contributed by atoms with Crippen LogP contribution in [0, 0.1) is 0 Å². The third kappa shape index (κ3) is 3.22. The molecule has 1 fully saturated rings. The molecule has 1 aromatic heterocycles. The molecule has 0 radical (unpaired) electrons. The highest BCUT2D eigenvalue weighted by atomic mass is 32.1. The Kier molecular flexibility index (Phi) is 4.59. The smallest absolute Gasteiger partial charge is 0.170 e. The van der Waals surface area contributed by atoms with Crippen molar-refractivity contribution in [1.29, 1.82) is 0 Å². The SMILES string of the molecule is CCn1c2ccccc2c2cc(NC(=S)NC[C@H]3CCCO3)ccc21. The number of benzene rings is 2. The summed E-state index contributed by atoms with van der Waals surface area (Å²) in [6.07, 6.45) is 2.53. The first-order valence-corrected chi connectivity index (χ1v) is 9.34. The van der Waals surface area contributed by atoms with Crippen molar-refractivity contribution in [3.63, 3.8) is 0 Å². The molecule has 2 aromatic carbocycles. The van der Waals surface area contributed by atoms with Gasteiger partial charge in [0, 0.05) is 47.2 Å². The lowest BCUT2D eigenvalue weighted by Gasteiger charge is -2.14. The Balaban J connectivity index is 1.56. The summed E-state index contributed by atoms with van der Waals surface area (Å²) in [5.41, 5.74) is 3.54. The monoisotopic (exact) mass is 353 g/mol. The second kappa shape index (κ2) is 7.02. The maximum Gasteiger partial charge on any atom is 0.170 e. The summed E-state index contributed by atoms with van der Waals surface area (Å²) in [5.74, 6) is 0. The minimum atomic E-state index is 0.282. The molecule has 1 saturated heterocycles. The number of para-hydroxylation sites is 1. The molecule has 0 saturated carbocycles. The van der Waals surface area contributed by atoms with Gasteiger partial charge >= 0.3 is 0 Å². The lowest BCUT2D eigenvalue weighted by Crippen LogP contribution is -2.34. The first-order valence-electron chi connectivity index (χ1n) is 8.93. The van der Waals surface area contributed by atoms with E-state index in [4.69, 9.17) is 17.0 Å². The average Bonchev–Trinajstić information content (AvgIpc) is 3.25. The van der Waals surface area contributed by atoms with Gasteiger partial charge < -0.3 is 19.9 Å². The number of hydrogen-bond acceptors (Lipinski definition) is 2. The number of nitrogens with zero attached hydrogens (tertiary/aromatic N) is 1. The van der Waals surface area contributed by atoms with E-state index >= 15 is 0 Å². The second-order valence-electron chi connectivity index (χ2n) is 6.46. The zero-order valence-electron chi connectivity index (χ0n) is 14.4. The van der Waals surface area contributed by atoms with Crippen molar-refractivity contribution < 1.29 is 4.74 Å². The van der Waals surface area contributed by atoms with Gasteiger partial charge in [-0.2, -0.15) is 0 Å². The number of ether oxygens (including phenoxy) is 1. The number of aryl methyl sites for hydroxylation is 1. The number of hydrogen-bond donors (Lipinski definition) is 2. The van der Waals surface area contributed by atoms with E-state index in [0.29, 0.717) is 5.11 Å². The lowest BCUT2D eigenvalue weighted by molar-refractivity contribution is 0.114. The van der Waals surface area contributed by atoms with Crippen molar-refractivity contribution in [3.05, 3.63) is 42.5 Å². The van der Waals surface area contributed by atoms with Crippen LogP contribution in [0.5, 0.6) is 0 Å². The van der Waals surface area contributed by atoms with E-state index in [1.165, 1.54) is 21.8 Å². The third-order valence-corrected chi connectivity index (χ3v) is 5.11. The van der Waals surface area contributed by atoms with Crippen molar-refractivity contribution in [2.45, 2.75) is 32.4 Å². The Labute approximate surface area is 153 Å². The lowest BCUT2D eigenvalue weighted by atomic mass is 10.1. The van der Waals surface area contributed by atoms with Crippen molar-refractivity contribution >= 4 is 44.8 Å². The van der Waals surface area contributed by atoms with Crippen molar-refractivity contribution in [1.82, 2.24) is 9.88 Å². The van der Waals surface area contributed by atoms with Crippen LogP contribution < -0.4 is 10.6 Å². The number of anilines is 1. The average molecular weight is 353 g/mol. The van der Waals surface area contributed by atoms with E-state index in [9.17, 15) is 0 Å². The number of thiocarbonyl (C=S) groups is 1. The molecule has 0 aliphatic carbocycles. The Morgan fingerprint density at radius 1 is 1.20 bits per heavy atom. The number of nitrogens with one attached hydrogen (secondary N) is 2. The summed E-state index contributed by atoms with van der Waals surface area (Å²) in [7, 11) is 0. The van der Waals surface area contributed by atoms with E-state index in [2.05, 4.69) is 64.6 Å². The highest BCUT2D eigenvalue weighted by Crippen LogP contribution is 2.30. The number of fused-ring (bicyclic) bond motifs is 3. The van der Waals surface area contributed by atoms with Gasteiger partial charge in [-0.05, 0) is 56.2 Å². The quantitative estimate of drug-likeness (QED) is 0.687. The highest BCUT2D eigenvalue weighted by Gasteiger charge is 2.15. The molecule has 130 valence electrons. The van der Waals surface area contributed by atoms with Gasteiger partial charge in [0.1, 0.15) is 0 Å². The van der Waals surface area contributed by atoms with Gasteiger partial charge in [0.15, 0.2) is 5.11 Å². The predicted molar refractivity (Wildman–Crippen MR) is 108 cm³/mol. The zero-order valence-corrected chi connectivity index (χ0v) is 15.2. The minimum absolute atomic E-state index is 0.282. The molecule has 1 aliphatic rings. The summed E-state index contributed by atoms with van der Waals surface area (Å²) < 4.78 is 7.97. The van der Waals surface area contributed by atoms with E-state index in [1.54, 1.807) is 0 Å². The van der Waals surface area contributed by atoms with Gasteiger partial charge in [0.2, 0.25) is 0 Å². The molecule has 1 aliphatic heterocycles. The van der Waals surface area contributed by atoms with E-state index in [-0.39, 0.29) is 6.10 Å². The third-order valence-electron chi connectivity index (χ3n) is 4.86. The molecule has 5 heteroatoms. The Morgan fingerprint density at radius 3 is 2.84 bits per heavy atom. The number of aromatic nitrogens is 1. The van der Waals surface area contributed by atoms with Crippen LogP contribution >= 0.6 is 12.2 Å². The maximum atomic E-state index is 5.62. The van der Waals surface area contributed by atoms with Crippen LogP contribution in [0.4, 0.5) is 5.69 Å². The van der Waals surface area contributed by atoms with E-state index in [0.717, 1.165) is 38.2 Å². The largest absolute Gasteiger partial charge is 0.376 e. The first kappa shape index (κ1) is 16.4. The molecule has 0 unspecified atom stereocenters. The van der Waals surface area contributed by atoms with Gasteiger partial charge in [0.25, 0.3) is 0 Å². The van der Waals surface area contributed by atoms with E-state index in [1.807, 2.05) is 0 Å². The first-order chi connectivity index (χ1) is 12.3. The van der Waals surface area contributed by atoms with Gasteiger partial charge in [-0.1, -0.05) is 18.2 Å². The molecular formula is C20H23N3OS. The van der Waals surface area contributed by atoms with Crippen LogP contribution in [0.2, 0.25) is 0 Å². The van der Waals surface area contributed by atoms with Crippen molar-refractivity contribution in [2.75, 3.05) is 18.5 Å². The Hall–Kier alpha value is -2.11. The topological polar surface area (TPSA) is 38.2 Å². The fourth-order valence-corrected chi connectivity index (χ4v) is 3.86. The Morgan fingerprint density at radius 2 is 2.04 bits per heavy atom. The van der Waals surface area contributed by atoms with Crippen LogP contribution in [-0.4, -0.2) is 28.9 Å². The Bertz CT molecular complexity index is 912. The summed E-state index contributed by atoms with van der Waals surface area (Å²) in [6, 6.07) is 15.0. The van der Waals surface area contributed by atoms with Crippen LogP contribution in [0.3, 0.4) is 0 Å². The summed E-state index contributed by atoms with van der Waals surface area (Å²) in [6.45, 7) is 4.77. The predicted octanol–water partition coefficient (Wildman–Crippen LogP) is 4.28. The molecule has 3 aromatic rings. The standard InChI is InChI=1S/C20H23N3OS/c1-2-23-18-8-4-3-7-16(18)17-12-14(9-10-19(17)23)22-20(25)21-13-15-6-5-11-24-15/h3-4,7-10,12,15H,2,5-6,11,13H2,1H3,(H2,21,22,25)/t15-/m1/s1. The molecule has 0 spiro atoms. The van der Waals surface area contributed by atoms with Gasteiger partial charge in [-0.25, -0.2) is 0 Å². The molecule has 4 nitrogen and oxygen atoms in total. The summed E-state index contributed by atoms with van der Waals surface area (Å²) in [4.78, 5) is 0. The van der Waals surface area contributed by atoms with Gasteiger partial charge in [-0.3, -0.25) is 0 Å². The van der Waals surface area contributed by atoms with Gasteiger partial charge in [0.05, 0.1) is 6.10 Å². The molecule has 4 rings (SSSR count). The molecule has 2 heterocycles. The fourth-order valence-electron chi connectivity index (χ4n) is 3.66. The molecule has 0 bridgehead atoms. The highest BCUT2D eigenvalue weighted by molar-refractivity contribution is 7.80. The van der Waals surface area contributed by atoms with Crippen molar-refractivity contribution in [2.24, 2.45) is 0 Å². The second-order valence-corrected chi connectivity index (χ2v) is 6.87. The fraction of sp³-hybridized carbons (Fsp3) is 0.350. The summed E-state index contributed by atoms with van der Waals surface area (Å²) in [5, 5.41) is 9.75. The van der Waals surface area contributed by atoms with Crippen LogP contribution in [0.25, 0.3) is 21.8 Å².